The van der Waals surface area contributed by atoms with Gasteiger partial charge >= 0.3 is 5.97 Å². The van der Waals surface area contributed by atoms with Gasteiger partial charge < -0.3 is 86.4 Å². The maximum Gasteiger partial charge on any atom is 0.338 e. The van der Waals surface area contributed by atoms with Crippen molar-refractivity contribution >= 4 is 53.0 Å². The number of hydrogen-bond acceptors (Lipinski definition) is 23. The predicted molar refractivity (Wildman–Crippen MR) is 458 cm³/mol. The number of rotatable bonds is 22. The zero-order valence-electron chi connectivity index (χ0n) is 67.2. The highest BCUT2D eigenvalue weighted by Crippen LogP contribution is 2.47. The summed E-state index contributed by atoms with van der Waals surface area (Å²) in [5.74, 6) is 1.10. The van der Waals surface area contributed by atoms with Crippen molar-refractivity contribution in [1.29, 1.82) is 0 Å². The van der Waals surface area contributed by atoms with E-state index in [0.29, 0.717) is 38.6 Å². The van der Waals surface area contributed by atoms with E-state index in [1.807, 2.05) is 281 Å². The Balaban J connectivity index is 0.000000131. The molecule has 7 saturated heterocycles. The second-order valence-corrected chi connectivity index (χ2v) is 34.7. The van der Waals surface area contributed by atoms with Gasteiger partial charge in [-0.05, 0) is 96.1 Å². The number of carbonyl (C=O) groups excluding carboxylic acids is 1. The molecule has 10 aromatic carbocycles. The van der Waals surface area contributed by atoms with Gasteiger partial charge in [-0.25, -0.2) is 4.79 Å². The van der Waals surface area contributed by atoms with Gasteiger partial charge in [0.25, 0.3) is 0 Å². The summed E-state index contributed by atoms with van der Waals surface area (Å²) in [4.78, 5) is 17.3. The summed E-state index contributed by atoms with van der Waals surface area (Å²) in [5.41, 5.74) is 4.41. The van der Waals surface area contributed by atoms with Crippen LogP contribution in [0.15, 0.2) is 311 Å². The van der Waals surface area contributed by atoms with Crippen molar-refractivity contribution in [3.8, 4) is 11.5 Å². The number of ether oxygens (including phenoxy) is 15. The minimum Gasteiger partial charge on any atom is -0.497 e. The molecule has 7 heterocycles. The Bertz CT molecular complexity index is 4610. The molecule has 0 bridgehead atoms. The van der Waals surface area contributed by atoms with Gasteiger partial charge in [0, 0.05) is 59.9 Å². The second kappa shape index (κ2) is 43.7. The summed E-state index contributed by atoms with van der Waals surface area (Å²) in [7, 11) is 3.31. The number of aliphatic hydroxyl groups is 3. The molecule has 7 aliphatic heterocycles. The molecule has 19 nitrogen and oxygen atoms in total. The van der Waals surface area contributed by atoms with E-state index in [1.165, 1.54) is 0 Å². The standard InChI is InChI=1S/C28H30O5S.C27H26O5S.C21H26O5S.C20H22O4S/c1-19-25-24(18-31-27(33-25)21-9-5-3-6-10-21)32-28(34-23-11-7-4-8-12-23)26(19)30-17-20-13-15-22(29-2)16-14-20;1-18-23-22(17-29-26(32-23)20-13-7-3-8-14-20)30-27(33-21-15-9-4-10-16-21)24(18)31-25(28)19-11-5-2-6-12-19;1-14-19(23)18(12-22)26-21(27-17-6-4-3-5-7-17)20(14)25-13-15-8-10-16(24-2)11-9-15;1-13-17(21)20(25-15-10-6-3-7-11-15)23-16-12-22-19(24-18(13)16)14-8-4-2-5-9-14/h3-16,19,24-28H,17-18H2,1-2H3;2-16,18,22-24,26-27H,17H2,1H3;3-11,14,18-23H,12-13H2,1-2H3;2-11,13,16-21H,12H2,1H3/t19-,24?,25-,26?,27?,28-;18-,22?,23-,24?,26?,27-;14-,18?,19-,20?,21-;13-,16?,17?,18+,19?,20+/m0001/s1. The zero-order valence-corrected chi connectivity index (χ0v) is 70.5. The van der Waals surface area contributed by atoms with E-state index in [4.69, 9.17) is 71.1 Å². The van der Waals surface area contributed by atoms with E-state index >= 15 is 0 Å². The molecule has 626 valence electrons. The van der Waals surface area contributed by atoms with Crippen LogP contribution in [-0.2, 0) is 74.8 Å². The largest absolute Gasteiger partial charge is 0.497 e. The maximum absolute atomic E-state index is 12.9. The third-order valence-electron chi connectivity index (χ3n) is 21.9. The van der Waals surface area contributed by atoms with Gasteiger partial charge in [-0.2, -0.15) is 0 Å². The number of esters is 1. The average Bonchev–Trinajstić information content (AvgIpc) is 0.798. The van der Waals surface area contributed by atoms with Crippen molar-refractivity contribution in [2.75, 3.05) is 40.6 Å². The van der Waals surface area contributed by atoms with Gasteiger partial charge in [-0.1, -0.05) is 281 Å². The minimum atomic E-state index is -0.775. The summed E-state index contributed by atoms with van der Waals surface area (Å²) < 4.78 is 91.2. The normalized spacial score (nSPS) is 30.0. The number of carbonyl (C=O) groups is 1. The first-order valence-corrected chi connectivity index (χ1v) is 43.9. The molecule has 7 aliphatic rings. The smallest absolute Gasteiger partial charge is 0.338 e. The summed E-state index contributed by atoms with van der Waals surface area (Å²) in [6.45, 7) is 10.3. The highest BCUT2D eigenvalue weighted by molar-refractivity contribution is 8.00. The van der Waals surface area contributed by atoms with Crippen LogP contribution in [0.2, 0.25) is 0 Å². The first kappa shape index (κ1) is 87.4. The van der Waals surface area contributed by atoms with E-state index < -0.39 is 43.3 Å². The summed E-state index contributed by atoms with van der Waals surface area (Å²) >= 11 is 6.34. The molecular weight excluding hydrogens is 1590 g/mol. The number of fused-ring (bicyclic) bond motifs is 3. The molecule has 17 rings (SSSR count). The Kier molecular flexibility index (Phi) is 32.1. The lowest BCUT2D eigenvalue weighted by atomic mass is 9.90. The molecule has 23 heteroatoms. The van der Waals surface area contributed by atoms with Crippen LogP contribution >= 0.6 is 47.0 Å². The lowest BCUT2D eigenvalue weighted by molar-refractivity contribution is -0.311. The fraction of sp³-hybridized carbons (Fsp3) is 0.365. The first-order chi connectivity index (χ1) is 58.2. The van der Waals surface area contributed by atoms with Crippen LogP contribution in [0, 0.1) is 23.7 Å². The third-order valence-corrected chi connectivity index (χ3v) is 26.5. The van der Waals surface area contributed by atoms with Crippen LogP contribution in [0.25, 0.3) is 0 Å². The number of hydrogen-bond donors (Lipinski definition) is 3. The SMILES string of the molecule is COc1ccc(COC2[C@@H](C)[C@@H]3OC(c4ccccc4)OCC3O[C@H]2Sc2ccccc2)cc1.COc1ccc(COC2[C@@H](C)[C@H](O)C(CO)O[C@H]2Sc2ccccc2)cc1.C[C@@H]1C(O)[C@H](Sc2ccccc2)OC2COC(c3ccccc3)O[C@H]21.C[C@@H]1C(OC(=O)c2ccccc2)[C@H](Sc2ccccc2)OC2COC(c3ccccc3)O[C@H]21. The molecule has 0 saturated carbocycles. The van der Waals surface area contributed by atoms with Gasteiger partial charge in [-0.3, -0.25) is 0 Å². The van der Waals surface area contributed by atoms with Crippen LogP contribution in [0.5, 0.6) is 11.5 Å². The van der Waals surface area contributed by atoms with Crippen molar-refractivity contribution in [2.45, 2.75) is 174 Å². The Morgan fingerprint density at radius 3 is 1.03 bits per heavy atom. The molecule has 10 aromatic rings. The van der Waals surface area contributed by atoms with Crippen LogP contribution in [0.3, 0.4) is 0 Å². The minimum absolute atomic E-state index is 0.0323. The molecule has 7 fully saturated rings. The Morgan fingerprint density at radius 2 is 0.664 bits per heavy atom. The molecule has 119 heavy (non-hydrogen) atoms. The lowest BCUT2D eigenvalue weighted by Gasteiger charge is -2.48. The van der Waals surface area contributed by atoms with E-state index in [9.17, 15) is 20.1 Å². The number of methoxy groups -OCH3 is 2. The van der Waals surface area contributed by atoms with Crippen molar-refractivity contribution in [2.24, 2.45) is 23.7 Å². The molecule has 0 amide bonds. The topological polar surface area (TPSA) is 216 Å². The van der Waals surface area contributed by atoms with Crippen LogP contribution in [-0.4, -0.2) is 157 Å². The molecule has 0 aromatic heterocycles. The quantitative estimate of drug-likeness (QED) is 0.0538. The second-order valence-electron chi connectivity index (χ2n) is 30.0. The zero-order chi connectivity index (χ0) is 82.4. The summed E-state index contributed by atoms with van der Waals surface area (Å²) in [5, 5.41) is 30.8. The van der Waals surface area contributed by atoms with E-state index in [1.54, 1.807) is 73.4 Å². The lowest BCUT2D eigenvalue weighted by Crippen LogP contribution is -2.58. The van der Waals surface area contributed by atoms with E-state index in [2.05, 4.69) is 26.0 Å². The van der Waals surface area contributed by atoms with Crippen LogP contribution < -0.4 is 9.47 Å². The van der Waals surface area contributed by atoms with Crippen LogP contribution in [0.1, 0.15) is 84.7 Å². The van der Waals surface area contributed by atoms with Crippen molar-refractivity contribution < 1.29 is 91.2 Å². The summed E-state index contributed by atoms with van der Waals surface area (Å²) in [6.07, 6.45) is -5.30. The van der Waals surface area contributed by atoms with Gasteiger partial charge in [0.05, 0.1) is 102 Å². The molecule has 11 unspecified atom stereocenters. The van der Waals surface area contributed by atoms with Gasteiger partial charge in [0.1, 0.15) is 63.8 Å². The van der Waals surface area contributed by atoms with E-state index in [0.717, 1.165) is 58.9 Å². The third kappa shape index (κ3) is 23.3. The predicted octanol–water partition coefficient (Wildman–Crippen LogP) is 18.0. The molecule has 0 radical (unpaired) electrons. The first-order valence-electron chi connectivity index (χ1n) is 40.4. The van der Waals surface area contributed by atoms with E-state index in [-0.39, 0.29) is 107 Å². The van der Waals surface area contributed by atoms with Crippen molar-refractivity contribution in [1.82, 2.24) is 0 Å². The molecule has 0 spiro atoms. The van der Waals surface area contributed by atoms with Gasteiger partial charge in [0.15, 0.2) is 18.9 Å². The molecule has 23 atom stereocenters. The number of aliphatic hydroxyl groups excluding tert-OH is 3. The molecule has 3 N–H and O–H groups in total. The molecule has 0 aliphatic carbocycles. The van der Waals surface area contributed by atoms with Crippen molar-refractivity contribution in [3.05, 3.63) is 325 Å². The van der Waals surface area contributed by atoms with Crippen LogP contribution in [0.4, 0.5) is 0 Å². The number of thioether (sulfide) groups is 4. The monoisotopic (exact) mass is 1690 g/mol. The van der Waals surface area contributed by atoms with Gasteiger partial charge in [-0.15, -0.1) is 0 Å². The Labute approximate surface area is 714 Å². The number of benzene rings is 10. The summed E-state index contributed by atoms with van der Waals surface area (Å²) in [6, 6.07) is 94.8. The average molecular weight is 1690 g/mol. The van der Waals surface area contributed by atoms with Gasteiger partial charge in [0.2, 0.25) is 0 Å². The fourth-order valence-electron chi connectivity index (χ4n) is 15.2. The Hall–Kier alpha value is -7.93. The Morgan fingerprint density at radius 1 is 0.353 bits per heavy atom. The fourth-order valence-corrected chi connectivity index (χ4v) is 20.1. The highest BCUT2D eigenvalue weighted by Gasteiger charge is 2.53. The highest BCUT2D eigenvalue weighted by atomic mass is 32.2. The molecular formula is C96H104O19S4. The van der Waals surface area contributed by atoms with Crippen molar-refractivity contribution in [3.63, 3.8) is 0 Å². The maximum atomic E-state index is 12.9.